The molecule has 0 spiro atoms. The summed E-state index contributed by atoms with van der Waals surface area (Å²) in [6, 6.07) is 16.9. The Bertz CT molecular complexity index is 1260. The lowest BCUT2D eigenvalue weighted by Gasteiger charge is -2.35. The van der Waals surface area contributed by atoms with E-state index in [1.807, 2.05) is 37.1 Å². The Morgan fingerprint density at radius 3 is 2.56 bits per heavy atom. The van der Waals surface area contributed by atoms with Crippen LogP contribution in [0.15, 0.2) is 73.4 Å². The van der Waals surface area contributed by atoms with Gasteiger partial charge in [0.25, 0.3) is 0 Å². The van der Waals surface area contributed by atoms with Gasteiger partial charge in [0, 0.05) is 74.4 Å². The summed E-state index contributed by atoms with van der Waals surface area (Å²) in [6.45, 7) is 5.93. The van der Waals surface area contributed by atoms with Crippen LogP contribution in [0.2, 0.25) is 5.02 Å². The minimum absolute atomic E-state index is 0.287. The highest BCUT2D eigenvalue weighted by Gasteiger charge is 2.28. The fourth-order valence-electron chi connectivity index (χ4n) is 5.12. The smallest absolute Gasteiger partial charge is 0.225 e. The number of fused-ring (bicyclic) bond motifs is 3. The van der Waals surface area contributed by atoms with E-state index in [0.29, 0.717) is 0 Å². The maximum Gasteiger partial charge on any atom is 0.225 e. The number of rotatable bonds is 5. The second kappa shape index (κ2) is 9.20. The largest absolute Gasteiger partial charge is 0.338 e. The van der Waals surface area contributed by atoms with Crippen LogP contribution in [0.3, 0.4) is 0 Å². The summed E-state index contributed by atoms with van der Waals surface area (Å²) in [5.74, 6) is 1.13. The van der Waals surface area contributed by atoms with Crippen molar-refractivity contribution in [3.8, 4) is 11.3 Å². The van der Waals surface area contributed by atoms with Crippen LogP contribution in [0, 0.1) is 0 Å². The van der Waals surface area contributed by atoms with E-state index in [-0.39, 0.29) is 5.92 Å². The Kier molecular flexibility index (Phi) is 5.77. The van der Waals surface area contributed by atoms with Crippen LogP contribution in [-0.4, -0.2) is 57.1 Å². The van der Waals surface area contributed by atoms with E-state index in [9.17, 15) is 0 Å². The summed E-state index contributed by atoms with van der Waals surface area (Å²) >= 11 is 6.14. The average molecular weight is 471 g/mol. The second-order valence-corrected chi connectivity index (χ2v) is 9.50. The number of piperazine rings is 1. The van der Waals surface area contributed by atoms with Gasteiger partial charge in [0.15, 0.2) is 0 Å². The molecule has 1 unspecified atom stereocenters. The first-order valence-corrected chi connectivity index (χ1v) is 12.3. The number of halogens is 1. The van der Waals surface area contributed by atoms with Crippen molar-refractivity contribution >= 4 is 17.5 Å². The SMILES string of the molecule is Clc1ccc(C2Cc3cnc(N4CCN(CCn5ccnc5)CC4)nc3-c3ccccc32)cc1. The van der Waals surface area contributed by atoms with Crippen LogP contribution in [0.1, 0.15) is 22.6 Å². The number of anilines is 1. The van der Waals surface area contributed by atoms with Crippen LogP contribution < -0.4 is 4.90 Å². The van der Waals surface area contributed by atoms with Crippen molar-refractivity contribution in [1.29, 1.82) is 0 Å². The molecule has 1 aliphatic heterocycles. The molecule has 0 amide bonds. The van der Waals surface area contributed by atoms with E-state index in [1.165, 1.54) is 22.3 Å². The first kappa shape index (κ1) is 21.3. The molecule has 6 rings (SSSR count). The van der Waals surface area contributed by atoms with Gasteiger partial charge in [-0.05, 0) is 35.2 Å². The van der Waals surface area contributed by atoms with Gasteiger partial charge in [0.05, 0.1) is 12.0 Å². The van der Waals surface area contributed by atoms with Crippen molar-refractivity contribution in [3.05, 3.63) is 95.2 Å². The molecule has 6 nitrogen and oxygen atoms in total. The van der Waals surface area contributed by atoms with Gasteiger partial charge in [-0.3, -0.25) is 4.90 Å². The number of hydrogen-bond acceptors (Lipinski definition) is 5. The van der Waals surface area contributed by atoms with Crippen LogP contribution >= 0.6 is 11.6 Å². The Labute approximate surface area is 204 Å². The molecule has 1 saturated heterocycles. The maximum absolute atomic E-state index is 6.14. The molecule has 1 fully saturated rings. The van der Waals surface area contributed by atoms with Crippen molar-refractivity contribution in [3.63, 3.8) is 0 Å². The molecule has 4 aromatic rings. The van der Waals surface area contributed by atoms with Gasteiger partial charge < -0.3 is 9.47 Å². The Balaban J connectivity index is 1.20. The summed E-state index contributed by atoms with van der Waals surface area (Å²) in [6.07, 6.45) is 8.68. The minimum atomic E-state index is 0.287. The lowest BCUT2D eigenvalue weighted by atomic mass is 9.78. The molecule has 1 aliphatic carbocycles. The Morgan fingerprint density at radius 1 is 0.941 bits per heavy atom. The summed E-state index contributed by atoms with van der Waals surface area (Å²) < 4.78 is 2.13. The lowest BCUT2D eigenvalue weighted by Crippen LogP contribution is -2.47. The van der Waals surface area contributed by atoms with E-state index in [0.717, 1.165) is 62.4 Å². The zero-order chi connectivity index (χ0) is 22.9. The van der Waals surface area contributed by atoms with Crippen LogP contribution in [0.4, 0.5) is 5.95 Å². The Morgan fingerprint density at radius 2 is 1.76 bits per heavy atom. The molecule has 7 heteroatoms. The lowest BCUT2D eigenvalue weighted by molar-refractivity contribution is 0.247. The molecule has 0 radical (unpaired) electrons. The highest BCUT2D eigenvalue weighted by molar-refractivity contribution is 6.30. The molecule has 34 heavy (non-hydrogen) atoms. The molecule has 1 atom stereocenters. The van der Waals surface area contributed by atoms with E-state index < -0.39 is 0 Å². The van der Waals surface area contributed by atoms with Gasteiger partial charge in [-0.15, -0.1) is 0 Å². The predicted octanol–water partition coefficient (Wildman–Crippen LogP) is 4.50. The average Bonchev–Trinajstić information content (AvgIpc) is 3.41. The first-order valence-electron chi connectivity index (χ1n) is 11.9. The van der Waals surface area contributed by atoms with Gasteiger partial charge in [0.1, 0.15) is 0 Å². The third-order valence-electron chi connectivity index (χ3n) is 7.03. The van der Waals surface area contributed by atoms with Gasteiger partial charge in [-0.25, -0.2) is 15.0 Å². The molecule has 2 aromatic carbocycles. The van der Waals surface area contributed by atoms with Crippen LogP contribution in [-0.2, 0) is 13.0 Å². The van der Waals surface area contributed by atoms with E-state index in [4.69, 9.17) is 21.6 Å². The quantitative estimate of drug-likeness (QED) is 0.429. The topological polar surface area (TPSA) is 50.1 Å². The van der Waals surface area contributed by atoms with Gasteiger partial charge in [0.2, 0.25) is 5.95 Å². The molecule has 2 aliphatic rings. The van der Waals surface area contributed by atoms with Crippen molar-refractivity contribution in [2.45, 2.75) is 18.9 Å². The summed E-state index contributed by atoms with van der Waals surface area (Å²) in [5.41, 5.74) is 6.10. The third-order valence-corrected chi connectivity index (χ3v) is 7.28. The monoisotopic (exact) mass is 470 g/mol. The zero-order valence-electron chi connectivity index (χ0n) is 19.0. The fraction of sp³-hybridized carbons (Fsp3) is 0.296. The van der Waals surface area contributed by atoms with E-state index in [1.54, 1.807) is 0 Å². The van der Waals surface area contributed by atoms with Crippen LogP contribution in [0.25, 0.3) is 11.3 Å². The molecule has 2 aromatic heterocycles. The first-order chi connectivity index (χ1) is 16.7. The second-order valence-electron chi connectivity index (χ2n) is 9.07. The van der Waals surface area contributed by atoms with Gasteiger partial charge in [-0.2, -0.15) is 0 Å². The van der Waals surface area contributed by atoms with Crippen LogP contribution in [0.5, 0.6) is 0 Å². The molecule has 172 valence electrons. The number of hydrogen-bond donors (Lipinski definition) is 0. The number of imidazole rings is 1. The maximum atomic E-state index is 6.14. The highest BCUT2D eigenvalue weighted by Crippen LogP contribution is 2.42. The van der Waals surface area contributed by atoms with Crippen molar-refractivity contribution in [2.24, 2.45) is 0 Å². The molecular weight excluding hydrogens is 444 g/mol. The Hall–Kier alpha value is -3.22. The van der Waals surface area contributed by atoms with Crippen molar-refractivity contribution < 1.29 is 0 Å². The van der Waals surface area contributed by atoms with Gasteiger partial charge in [-0.1, -0.05) is 48.0 Å². The van der Waals surface area contributed by atoms with E-state index >= 15 is 0 Å². The normalized spacial score (nSPS) is 17.9. The fourth-order valence-corrected chi connectivity index (χ4v) is 5.24. The summed E-state index contributed by atoms with van der Waals surface area (Å²) in [4.78, 5) is 18.9. The number of nitrogens with zero attached hydrogens (tertiary/aromatic N) is 6. The molecule has 3 heterocycles. The highest BCUT2D eigenvalue weighted by atomic mass is 35.5. The standard InChI is InChI=1S/C27H27ClN6/c28-22-7-5-20(6-8-22)25-17-21-18-30-27(31-26(21)24-4-2-1-3-23(24)25)34-15-13-32(14-16-34)11-12-33-10-9-29-19-33/h1-10,18-19,25H,11-17H2. The predicted molar refractivity (Wildman–Crippen MR) is 135 cm³/mol. The third kappa shape index (κ3) is 4.19. The zero-order valence-corrected chi connectivity index (χ0v) is 19.8. The molecular formula is C27H27ClN6. The molecule has 0 saturated carbocycles. The summed E-state index contributed by atoms with van der Waals surface area (Å²) in [5, 5.41) is 0.767. The molecule has 0 bridgehead atoms. The van der Waals surface area contributed by atoms with E-state index in [2.05, 4.69) is 55.7 Å². The number of benzene rings is 2. The van der Waals surface area contributed by atoms with Crippen molar-refractivity contribution in [1.82, 2.24) is 24.4 Å². The minimum Gasteiger partial charge on any atom is -0.338 e. The summed E-state index contributed by atoms with van der Waals surface area (Å²) in [7, 11) is 0. The molecule has 0 N–H and O–H groups in total. The number of aromatic nitrogens is 4. The van der Waals surface area contributed by atoms with Gasteiger partial charge >= 0.3 is 0 Å². The van der Waals surface area contributed by atoms with Crippen molar-refractivity contribution in [2.75, 3.05) is 37.6 Å².